The summed E-state index contributed by atoms with van der Waals surface area (Å²) in [5.41, 5.74) is 3.05. The van der Waals surface area contributed by atoms with Gasteiger partial charge in [-0.15, -0.1) is 6.42 Å². The molecule has 0 fully saturated rings. The zero-order chi connectivity index (χ0) is 12.1. The smallest absolute Gasteiger partial charge is 0.0406 e. The second kappa shape index (κ2) is 5.39. The molecule has 0 nitrogen and oxygen atoms in total. The van der Waals surface area contributed by atoms with Gasteiger partial charge in [0.15, 0.2) is 0 Å². The van der Waals surface area contributed by atoms with Crippen molar-refractivity contribution in [2.75, 3.05) is 0 Å². The number of halogens is 1. The van der Waals surface area contributed by atoms with Crippen molar-refractivity contribution < 1.29 is 0 Å². The van der Waals surface area contributed by atoms with Crippen LogP contribution in [0, 0.1) is 12.3 Å². The molecule has 0 aliphatic rings. The van der Waals surface area contributed by atoms with Gasteiger partial charge in [0, 0.05) is 10.6 Å². The minimum atomic E-state index is 0.742. The van der Waals surface area contributed by atoms with Crippen LogP contribution in [0.5, 0.6) is 0 Å². The van der Waals surface area contributed by atoms with Gasteiger partial charge in [0.05, 0.1) is 0 Å². The largest absolute Gasteiger partial charge is 0.115 e. The highest BCUT2D eigenvalue weighted by Crippen LogP contribution is 2.14. The normalized spacial score (nSPS) is 10.4. The van der Waals surface area contributed by atoms with Crippen molar-refractivity contribution >= 4 is 23.8 Å². The molecule has 2 aromatic carbocycles. The molecule has 2 rings (SSSR count). The molecule has 0 N–H and O–H groups in total. The van der Waals surface area contributed by atoms with Crippen LogP contribution in [0.1, 0.15) is 16.7 Å². The highest BCUT2D eigenvalue weighted by molar-refractivity contribution is 6.30. The monoisotopic (exact) mass is 238 g/mol. The van der Waals surface area contributed by atoms with E-state index in [4.69, 9.17) is 18.0 Å². The highest BCUT2D eigenvalue weighted by atomic mass is 35.5. The van der Waals surface area contributed by atoms with E-state index in [1.54, 1.807) is 0 Å². The summed E-state index contributed by atoms with van der Waals surface area (Å²) < 4.78 is 0. The van der Waals surface area contributed by atoms with Gasteiger partial charge in [0.2, 0.25) is 0 Å². The van der Waals surface area contributed by atoms with Gasteiger partial charge >= 0.3 is 0 Å². The molecule has 0 heterocycles. The molecule has 0 saturated carbocycles. The summed E-state index contributed by atoms with van der Waals surface area (Å²) in [7, 11) is 0. The molecule has 0 aliphatic heterocycles. The van der Waals surface area contributed by atoms with Crippen LogP contribution in [0.3, 0.4) is 0 Å². The van der Waals surface area contributed by atoms with Crippen molar-refractivity contribution in [3.05, 3.63) is 70.2 Å². The lowest BCUT2D eigenvalue weighted by molar-refractivity contribution is 1.60. The summed E-state index contributed by atoms with van der Waals surface area (Å²) in [6.07, 6.45) is 9.47. The molecule has 0 radical (unpaired) electrons. The van der Waals surface area contributed by atoms with Gasteiger partial charge in [-0.25, -0.2) is 0 Å². The number of rotatable bonds is 2. The second-order valence-corrected chi connectivity index (χ2v) is 4.05. The molecular formula is C16H11Cl. The first kappa shape index (κ1) is 11.5. The fraction of sp³-hybridized carbons (Fsp3) is 0. The number of hydrogen-bond acceptors (Lipinski definition) is 0. The van der Waals surface area contributed by atoms with Crippen molar-refractivity contribution in [3.63, 3.8) is 0 Å². The van der Waals surface area contributed by atoms with Crippen molar-refractivity contribution in [1.29, 1.82) is 0 Å². The van der Waals surface area contributed by atoms with Gasteiger partial charge in [0.1, 0.15) is 0 Å². The van der Waals surface area contributed by atoms with Crippen LogP contribution < -0.4 is 0 Å². The van der Waals surface area contributed by atoms with E-state index in [0.717, 1.165) is 21.7 Å². The summed E-state index contributed by atoms with van der Waals surface area (Å²) in [5.74, 6) is 2.67. The predicted molar refractivity (Wildman–Crippen MR) is 74.8 cm³/mol. The number of terminal acetylenes is 1. The third-order valence-corrected chi connectivity index (χ3v) is 2.69. The summed E-state index contributed by atoms with van der Waals surface area (Å²) in [4.78, 5) is 0. The lowest BCUT2D eigenvalue weighted by atomic mass is 10.1. The number of benzene rings is 2. The van der Waals surface area contributed by atoms with E-state index in [1.165, 1.54) is 0 Å². The Labute approximate surface area is 107 Å². The van der Waals surface area contributed by atoms with E-state index in [9.17, 15) is 0 Å². The van der Waals surface area contributed by atoms with E-state index in [0.29, 0.717) is 0 Å². The molecule has 0 aromatic heterocycles. The average molecular weight is 239 g/mol. The number of hydrogen-bond donors (Lipinski definition) is 0. The molecule has 0 saturated heterocycles. The second-order valence-electron chi connectivity index (χ2n) is 3.62. The maximum Gasteiger partial charge on any atom is 0.0406 e. The van der Waals surface area contributed by atoms with Crippen LogP contribution in [0.4, 0.5) is 0 Å². The SMILES string of the molecule is C#Cc1ccccc1C=Cc1ccc(Cl)cc1. The van der Waals surface area contributed by atoms with E-state index in [2.05, 4.69) is 5.92 Å². The Morgan fingerprint density at radius 1 is 0.941 bits per heavy atom. The Morgan fingerprint density at radius 2 is 1.65 bits per heavy atom. The first-order valence-corrected chi connectivity index (χ1v) is 5.67. The van der Waals surface area contributed by atoms with Crippen molar-refractivity contribution in [3.8, 4) is 12.3 Å². The first-order chi connectivity index (χ1) is 8.29. The Kier molecular flexibility index (Phi) is 3.65. The van der Waals surface area contributed by atoms with Gasteiger partial charge < -0.3 is 0 Å². The fourth-order valence-corrected chi connectivity index (χ4v) is 1.66. The maximum absolute atomic E-state index is 5.83. The highest BCUT2D eigenvalue weighted by Gasteiger charge is 1.94. The molecule has 0 unspecified atom stereocenters. The molecule has 0 amide bonds. The van der Waals surface area contributed by atoms with Crippen molar-refractivity contribution in [1.82, 2.24) is 0 Å². The molecule has 2 aromatic rings. The summed E-state index contributed by atoms with van der Waals surface area (Å²) in [5, 5.41) is 0.742. The van der Waals surface area contributed by atoms with E-state index in [-0.39, 0.29) is 0 Å². The Morgan fingerprint density at radius 3 is 2.35 bits per heavy atom. The minimum Gasteiger partial charge on any atom is -0.115 e. The third kappa shape index (κ3) is 3.00. The average Bonchev–Trinajstić information content (AvgIpc) is 2.38. The van der Waals surface area contributed by atoms with Crippen LogP contribution in [-0.4, -0.2) is 0 Å². The van der Waals surface area contributed by atoms with E-state index < -0.39 is 0 Å². The molecule has 0 spiro atoms. The van der Waals surface area contributed by atoms with Crippen LogP contribution in [-0.2, 0) is 0 Å². The van der Waals surface area contributed by atoms with Crippen LogP contribution in [0.15, 0.2) is 48.5 Å². The topological polar surface area (TPSA) is 0 Å². The maximum atomic E-state index is 5.83. The third-order valence-electron chi connectivity index (χ3n) is 2.44. The van der Waals surface area contributed by atoms with Gasteiger partial charge in [-0.3, -0.25) is 0 Å². The molecule has 0 atom stereocenters. The Balaban J connectivity index is 2.26. The van der Waals surface area contributed by atoms with E-state index in [1.807, 2.05) is 60.7 Å². The van der Waals surface area contributed by atoms with Crippen LogP contribution in [0.25, 0.3) is 12.2 Å². The van der Waals surface area contributed by atoms with Crippen LogP contribution >= 0.6 is 11.6 Å². The van der Waals surface area contributed by atoms with Gasteiger partial charge in [-0.2, -0.15) is 0 Å². The Bertz CT molecular complexity index is 571. The molecule has 1 heteroatoms. The Hall–Kier alpha value is -1.97. The standard InChI is InChI=1S/C16H11Cl/c1-2-14-5-3-4-6-15(14)10-7-13-8-11-16(17)12-9-13/h1,3-12H. The molecule has 0 aliphatic carbocycles. The molecule has 17 heavy (non-hydrogen) atoms. The minimum absolute atomic E-state index is 0.742. The summed E-state index contributed by atoms with van der Waals surface area (Å²) >= 11 is 5.83. The molecule has 82 valence electrons. The zero-order valence-corrected chi connectivity index (χ0v) is 9.98. The quantitative estimate of drug-likeness (QED) is 0.534. The van der Waals surface area contributed by atoms with Gasteiger partial charge in [-0.1, -0.05) is 60.0 Å². The lowest BCUT2D eigenvalue weighted by Gasteiger charge is -1.98. The van der Waals surface area contributed by atoms with E-state index >= 15 is 0 Å². The summed E-state index contributed by atoms with van der Waals surface area (Å²) in [6, 6.07) is 15.5. The van der Waals surface area contributed by atoms with Gasteiger partial charge in [-0.05, 0) is 29.3 Å². The molecule has 0 bridgehead atoms. The van der Waals surface area contributed by atoms with Crippen molar-refractivity contribution in [2.45, 2.75) is 0 Å². The zero-order valence-electron chi connectivity index (χ0n) is 9.23. The molecular weight excluding hydrogens is 228 g/mol. The fourth-order valence-electron chi connectivity index (χ4n) is 1.53. The lowest BCUT2D eigenvalue weighted by Crippen LogP contribution is -1.80. The van der Waals surface area contributed by atoms with Gasteiger partial charge in [0.25, 0.3) is 0 Å². The van der Waals surface area contributed by atoms with Crippen LogP contribution in [0.2, 0.25) is 5.02 Å². The van der Waals surface area contributed by atoms with Crippen molar-refractivity contribution in [2.24, 2.45) is 0 Å². The predicted octanol–water partition coefficient (Wildman–Crippen LogP) is 4.49. The summed E-state index contributed by atoms with van der Waals surface area (Å²) in [6.45, 7) is 0. The first-order valence-electron chi connectivity index (χ1n) is 5.29.